The molecule has 1 unspecified atom stereocenters. The molecular weight excluding hydrogens is 288 g/mol. The van der Waals surface area contributed by atoms with Crippen molar-refractivity contribution in [2.45, 2.75) is 19.1 Å². The normalized spacial score (nSPS) is 16.5. The van der Waals surface area contributed by atoms with Gasteiger partial charge in [0.2, 0.25) is 0 Å². The van der Waals surface area contributed by atoms with Crippen LogP contribution in [0.25, 0.3) is 0 Å². The Morgan fingerprint density at radius 2 is 2.29 bits per heavy atom. The Labute approximate surface area is 129 Å². The first-order valence-corrected chi connectivity index (χ1v) is 7.39. The molecule has 0 saturated carbocycles. The number of aromatic nitrogens is 2. The summed E-state index contributed by atoms with van der Waals surface area (Å²) < 4.78 is 7.64. The van der Waals surface area contributed by atoms with E-state index in [1.807, 2.05) is 30.6 Å². The second-order valence-electron chi connectivity index (χ2n) is 5.11. The molecule has 3 rings (SSSR count). The average Bonchev–Trinajstić information content (AvgIpc) is 2.97. The van der Waals surface area contributed by atoms with Crippen LogP contribution in [0.5, 0.6) is 5.75 Å². The molecule has 0 aliphatic carbocycles. The molecule has 2 N–H and O–H groups in total. The summed E-state index contributed by atoms with van der Waals surface area (Å²) in [5.41, 5.74) is 7.00. The topological polar surface area (TPSA) is 56.3 Å². The van der Waals surface area contributed by atoms with Gasteiger partial charge in [-0.2, -0.15) is 0 Å². The fourth-order valence-electron chi connectivity index (χ4n) is 2.93. The van der Waals surface area contributed by atoms with Gasteiger partial charge in [0.05, 0.1) is 19.7 Å². The first kappa shape index (κ1) is 14.4. The minimum Gasteiger partial charge on any atom is -0.496 e. The zero-order valence-corrected chi connectivity index (χ0v) is 12.8. The van der Waals surface area contributed by atoms with Crippen LogP contribution in [0.4, 0.5) is 0 Å². The highest BCUT2D eigenvalue weighted by molar-refractivity contribution is 6.31. The summed E-state index contributed by atoms with van der Waals surface area (Å²) in [4.78, 5) is 6.71. The van der Waals surface area contributed by atoms with Crippen LogP contribution >= 0.6 is 11.6 Å². The van der Waals surface area contributed by atoms with Gasteiger partial charge in [0.15, 0.2) is 0 Å². The van der Waals surface area contributed by atoms with E-state index in [0.29, 0.717) is 11.6 Å². The van der Waals surface area contributed by atoms with Gasteiger partial charge in [0, 0.05) is 42.6 Å². The summed E-state index contributed by atoms with van der Waals surface area (Å²) in [6, 6.07) is 5.72. The summed E-state index contributed by atoms with van der Waals surface area (Å²) in [7, 11) is 1.66. The van der Waals surface area contributed by atoms with Gasteiger partial charge >= 0.3 is 0 Å². The van der Waals surface area contributed by atoms with Crippen molar-refractivity contribution >= 4 is 11.6 Å². The smallest absolute Gasteiger partial charge is 0.125 e. The Hall–Kier alpha value is -1.56. The number of fused-ring (bicyclic) bond motifs is 1. The average molecular weight is 307 g/mol. The van der Waals surface area contributed by atoms with Crippen molar-refractivity contribution in [3.8, 4) is 5.75 Å². The SMILES string of the molecule is COc1cccc(Cl)c1C(CN)N1CCn2ccnc2C1. The molecule has 2 aromatic rings. The van der Waals surface area contributed by atoms with Crippen molar-refractivity contribution in [2.24, 2.45) is 5.73 Å². The maximum Gasteiger partial charge on any atom is 0.125 e. The molecule has 0 spiro atoms. The summed E-state index contributed by atoms with van der Waals surface area (Å²) in [5.74, 6) is 1.84. The largest absolute Gasteiger partial charge is 0.496 e. The van der Waals surface area contributed by atoms with Crippen LogP contribution in [0.2, 0.25) is 5.02 Å². The third-order valence-electron chi connectivity index (χ3n) is 4.00. The first-order chi connectivity index (χ1) is 10.2. The van der Waals surface area contributed by atoms with Gasteiger partial charge < -0.3 is 15.0 Å². The van der Waals surface area contributed by atoms with E-state index in [1.54, 1.807) is 7.11 Å². The summed E-state index contributed by atoms with van der Waals surface area (Å²) in [6.45, 7) is 3.09. The van der Waals surface area contributed by atoms with Crippen LogP contribution in [0.15, 0.2) is 30.6 Å². The molecule has 1 aliphatic heterocycles. The predicted octanol–water partition coefficient (Wildman–Crippen LogP) is 2.06. The van der Waals surface area contributed by atoms with Crippen LogP contribution in [0.1, 0.15) is 17.4 Å². The van der Waals surface area contributed by atoms with E-state index in [1.165, 1.54) is 0 Å². The summed E-state index contributed by atoms with van der Waals surface area (Å²) in [6.07, 6.45) is 3.85. The van der Waals surface area contributed by atoms with Crippen molar-refractivity contribution < 1.29 is 4.74 Å². The highest BCUT2D eigenvalue weighted by Gasteiger charge is 2.28. The van der Waals surface area contributed by atoms with Crippen LogP contribution < -0.4 is 10.5 Å². The van der Waals surface area contributed by atoms with E-state index in [4.69, 9.17) is 22.1 Å². The number of ether oxygens (including phenoxy) is 1. The molecule has 1 aliphatic rings. The molecule has 2 heterocycles. The van der Waals surface area contributed by atoms with Crippen LogP contribution in [-0.2, 0) is 13.1 Å². The number of benzene rings is 1. The summed E-state index contributed by atoms with van der Waals surface area (Å²) >= 11 is 6.40. The Balaban J connectivity index is 1.93. The van der Waals surface area contributed by atoms with Gasteiger partial charge in [0.1, 0.15) is 11.6 Å². The fourth-order valence-corrected chi connectivity index (χ4v) is 3.22. The molecule has 0 saturated heterocycles. The van der Waals surface area contributed by atoms with Crippen molar-refractivity contribution in [1.82, 2.24) is 14.5 Å². The number of methoxy groups -OCH3 is 1. The molecule has 6 heteroatoms. The standard InChI is InChI=1S/C15H19ClN4O/c1-21-13-4-2-3-11(16)15(13)12(9-17)20-8-7-19-6-5-18-14(19)10-20/h2-6,12H,7-10,17H2,1H3. The van der Waals surface area contributed by atoms with Crippen LogP contribution in [0.3, 0.4) is 0 Å². The van der Waals surface area contributed by atoms with Crippen molar-refractivity contribution in [1.29, 1.82) is 0 Å². The minimum absolute atomic E-state index is 0.0269. The molecule has 0 bridgehead atoms. The molecule has 5 nitrogen and oxygen atoms in total. The van der Waals surface area contributed by atoms with Gasteiger partial charge in [-0.25, -0.2) is 4.98 Å². The quantitative estimate of drug-likeness (QED) is 0.939. The molecule has 0 fully saturated rings. The first-order valence-electron chi connectivity index (χ1n) is 7.01. The molecule has 0 radical (unpaired) electrons. The van der Waals surface area contributed by atoms with E-state index < -0.39 is 0 Å². The monoisotopic (exact) mass is 306 g/mol. The molecule has 0 amide bonds. The van der Waals surface area contributed by atoms with E-state index in [2.05, 4.69) is 14.5 Å². The number of imidazole rings is 1. The van der Waals surface area contributed by atoms with Crippen LogP contribution in [-0.4, -0.2) is 34.7 Å². The Morgan fingerprint density at radius 1 is 1.43 bits per heavy atom. The molecule has 1 aromatic carbocycles. The van der Waals surface area contributed by atoms with Gasteiger partial charge in [-0.1, -0.05) is 17.7 Å². The molecule has 112 valence electrons. The third kappa shape index (κ3) is 2.64. The minimum atomic E-state index is 0.0269. The molecule has 21 heavy (non-hydrogen) atoms. The highest BCUT2D eigenvalue weighted by atomic mass is 35.5. The lowest BCUT2D eigenvalue weighted by Crippen LogP contribution is -2.39. The maximum absolute atomic E-state index is 6.40. The second-order valence-corrected chi connectivity index (χ2v) is 5.52. The van der Waals surface area contributed by atoms with Crippen molar-refractivity contribution in [3.05, 3.63) is 47.0 Å². The number of nitrogens with zero attached hydrogens (tertiary/aromatic N) is 3. The lowest BCUT2D eigenvalue weighted by Gasteiger charge is -2.35. The van der Waals surface area contributed by atoms with Gasteiger partial charge in [0.25, 0.3) is 0 Å². The number of hydrogen-bond donors (Lipinski definition) is 1. The molecular formula is C15H19ClN4O. The van der Waals surface area contributed by atoms with Crippen molar-refractivity contribution in [3.63, 3.8) is 0 Å². The predicted molar refractivity (Wildman–Crippen MR) is 82.4 cm³/mol. The number of halogens is 1. The summed E-state index contributed by atoms with van der Waals surface area (Å²) in [5, 5.41) is 0.693. The van der Waals surface area contributed by atoms with Gasteiger partial charge in [-0.05, 0) is 12.1 Å². The maximum atomic E-state index is 6.40. The van der Waals surface area contributed by atoms with E-state index in [0.717, 1.165) is 36.8 Å². The number of rotatable bonds is 4. The fraction of sp³-hybridized carbons (Fsp3) is 0.400. The van der Waals surface area contributed by atoms with Crippen LogP contribution in [0, 0.1) is 0 Å². The molecule has 1 aromatic heterocycles. The third-order valence-corrected chi connectivity index (χ3v) is 4.33. The van der Waals surface area contributed by atoms with Gasteiger partial charge in [-0.15, -0.1) is 0 Å². The van der Waals surface area contributed by atoms with E-state index >= 15 is 0 Å². The lowest BCUT2D eigenvalue weighted by molar-refractivity contribution is 0.154. The number of nitrogens with two attached hydrogens (primary N) is 1. The Bertz CT molecular complexity index is 628. The zero-order chi connectivity index (χ0) is 14.8. The number of hydrogen-bond acceptors (Lipinski definition) is 4. The van der Waals surface area contributed by atoms with E-state index in [9.17, 15) is 0 Å². The van der Waals surface area contributed by atoms with Gasteiger partial charge in [-0.3, -0.25) is 4.90 Å². The highest BCUT2D eigenvalue weighted by Crippen LogP contribution is 2.36. The Kier molecular flexibility index (Phi) is 4.14. The Morgan fingerprint density at radius 3 is 3.05 bits per heavy atom. The van der Waals surface area contributed by atoms with Crippen molar-refractivity contribution in [2.75, 3.05) is 20.2 Å². The lowest BCUT2D eigenvalue weighted by atomic mass is 10.0. The van der Waals surface area contributed by atoms with E-state index in [-0.39, 0.29) is 6.04 Å². The molecule has 1 atom stereocenters. The second kappa shape index (κ2) is 6.05. The zero-order valence-electron chi connectivity index (χ0n) is 12.0.